The minimum Gasteiger partial charge on any atom is -0.317 e. The van der Waals surface area contributed by atoms with E-state index in [9.17, 15) is 0 Å². The maximum absolute atomic E-state index is 3.11. The average molecular weight is 344 g/mol. The van der Waals surface area contributed by atoms with Gasteiger partial charge in [-0.05, 0) is 53.9 Å². The van der Waals surface area contributed by atoms with Gasteiger partial charge in [0.1, 0.15) is 0 Å². The number of aryl methyl sites for hydroxylation is 1. The summed E-state index contributed by atoms with van der Waals surface area (Å²) in [5, 5.41) is 3.11. The van der Waals surface area contributed by atoms with E-state index in [0.29, 0.717) is 0 Å². The Kier molecular flexibility index (Phi) is 8.38. The average Bonchev–Trinajstić information content (AvgIpc) is 2.70. The molecule has 26 heavy (non-hydrogen) atoms. The van der Waals surface area contributed by atoms with Gasteiger partial charge >= 0.3 is 0 Å². The second-order valence-corrected chi connectivity index (χ2v) is 6.10. The summed E-state index contributed by atoms with van der Waals surface area (Å²) < 4.78 is 0. The van der Waals surface area contributed by atoms with Crippen LogP contribution in [0.1, 0.15) is 36.1 Å². The molecule has 0 amide bonds. The summed E-state index contributed by atoms with van der Waals surface area (Å²) in [6.07, 6.45) is 2.28. The molecule has 0 spiro atoms. The van der Waals surface area contributed by atoms with Crippen LogP contribution >= 0.6 is 0 Å². The van der Waals surface area contributed by atoms with Crippen molar-refractivity contribution in [3.05, 3.63) is 107 Å². The third-order valence-corrected chi connectivity index (χ3v) is 4.16. The third kappa shape index (κ3) is 6.02. The number of rotatable bonds is 5. The molecule has 134 valence electrons. The van der Waals surface area contributed by atoms with Gasteiger partial charge in [0.15, 0.2) is 0 Å². The van der Waals surface area contributed by atoms with Gasteiger partial charge in [-0.2, -0.15) is 0 Å². The minimum absolute atomic E-state index is 1.09. The molecule has 0 fully saturated rings. The number of hydrogen-bond acceptors (Lipinski definition) is 1. The standard InChI is InChI=1S/C21H18.C4H11N/c1-17-10-8-9-15-20(17)16-21(18-11-4-2-5-12-18)19-13-6-3-7-14-19;1-3-5-4-2/h2-16H,1H3;5H,3-4H2,1-2H3. The van der Waals surface area contributed by atoms with E-state index in [-0.39, 0.29) is 0 Å². The van der Waals surface area contributed by atoms with Crippen LogP contribution in [0.2, 0.25) is 0 Å². The maximum Gasteiger partial charge on any atom is -0.00775 e. The van der Waals surface area contributed by atoms with Gasteiger partial charge in [-0.25, -0.2) is 0 Å². The van der Waals surface area contributed by atoms with E-state index in [0.717, 1.165) is 13.1 Å². The first-order valence-electron chi connectivity index (χ1n) is 9.35. The van der Waals surface area contributed by atoms with Crippen LogP contribution in [0.25, 0.3) is 11.6 Å². The summed E-state index contributed by atoms with van der Waals surface area (Å²) in [6, 6.07) is 29.6. The lowest BCUT2D eigenvalue weighted by Crippen LogP contribution is -2.09. The van der Waals surface area contributed by atoms with E-state index in [1.165, 1.54) is 27.8 Å². The second-order valence-electron chi connectivity index (χ2n) is 6.10. The molecule has 0 saturated carbocycles. The molecule has 0 radical (unpaired) electrons. The Bertz CT molecular complexity index is 745. The van der Waals surface area contributed by atoms with E-state index >= 15 is 0 Å². The molecule has 1 nitrogen and oxygen atoms in total. The molecule has 0 heterocycles. The smallest absolute Gasteiger partial charge is 0.00775 e. The van der Waals surface area contributed by atoms with Crippen molar-refractivity contribution in [3.63, 3.8) is 0 Å². The lowest BCUT2D eigenvalue weighted by Gasteiger charge is -2.10. The van der Waals surface area contributed by atoms with Crippen LogP contribution in [-0.4, -0.2) is 13.1 Å². The van der Waals surface area contributed by atoms with Gasteiger partial charge < -0.3 is 5.32 Å². The zero-order valence-electron chi connectivity index (χ0n) is 16.1. The Morgan fingerprint density at radius 1 is 0.692 bits per heavy atom. The topological polar surface area (TPSA) is 12.0 Å². The second kappa shape index (κ2) is 11.1. The maximum atomic E-state index is 3.11. The first-order chi connectivity index (χ1) is 12.8. The van der Waals surface area contributed by atoms with Crippen LogP contribution < -0.4 is 5.32 Å². The quantitative estimate of drug-likeness (QED) is 0.544. The molecule has 0 aromatic heterocycles. The van der Waals surface area contributed by atoms with Gasteiger partial charge in [0.25, 0.3) is 0 Å². The van der Waals surface area contributed by atoms with Crippen molar-refractivity contribution < 1.29 is 0 Å². The summed E-state index contributed by atoms with van der Waals surface area (Å²) in [6.45, 7) is 8.54. The predicted molar refractivity (Wildman–Crippen MR) is 115 cm³/mol. The Labute approximate surface area is 158 Å². The van der Waals surface area contributed by atoms with Crippen molar-refractivity contribution in [3.8, 4) is 0 Å². The van der Waals surface area contributed by atoms with Gasteiger partial charge in [0, 0.05) is 0 Å². The normalized spacial score (nSPS) is 9.81. The third-order valence-electron chi connectivity index (χ3n) is 4.16. The Hall–Kier alpha value is -2.64. The molecule has 0 bridgehead atoms. The molecule has 1 heteroatoms. The van der Waals surface area contributed by atoms with Crippen LogP contribution in [0.4, 0.5) is 0 Å². The number of benzene rings is 3. The largest absolute Gasteiger partial charge is 0.317 e. The molecular weight excluding hydrogens is 314 g/mol. The van der Waals surface area contributed by atoms with Crippen LogP contribution in [0.3, 0.4) is 0 Å². The lowest BCUT2D eigenvalue weighted by atomic mass is 9.94. The fourth-order valence-corrected chi connectivity index (χ4v) is 2.72. The van der Waals surface area contributed by atoms with Gasteiger partial charge in [0.2, 0.25) is 0 Å². The van der Waals surface area contributed by atoms with Gasteiger partial charge in [-0.1, -0.05) is 98.8 Å². The summed E-state index contributed by atoms with van der Waals surface area (Å²) in [5.74, 6) is 0. The van der Waals surface area contributed by atoms with E-state index in [1.54, 1.807) is 0 Å². The molecular formula is C25H29N. The minimum atomic E-state index is 1.09. The van der Waals surface area contributed by atoms with Crippen LogP contribution in [0.15, 0.2) is 84.9 Å². The Morgan fingerprint density at radius 2 is 1.15 bits per heavy atom. The van der Waals surface area contributed by atoms with Crippen molar-refractivity contribution in [2.75, 3.05) is 13.1 Å². The van der Waals surface area contributed by atoms with Crippen molar-refractivity contribution >= 4 is 11.6 Å². The van der Waals surface area contributed by atoms with Crippen LogP contribution in [-0.2, 0) is 0 Å². The highest BCUT2D eigenvalue weighted by atomic mass is 14.8. The molecule has 1 N–H and O–H groups in total. The van der Waals surface area contributed by atoms with E-state index in [1.807, 2.05) is 0 Å². The fraction of sp³-hybridized carbons (Fsp3) is 0.200. The molecule has 0 aliphatic carbocycles. The van der Waals surface area contributed by atoms with Gasteiger partial charge in [-0.15, -0.1) is 0 Å². The molecule has 3 aromatic rings. The van der Waals surface area contributed by atoms with Gasteiger partial charge in [0.05, 0.1) is 0 Å². The SMILES string of the molecule is CCNCC.Cc1ccccc1C=C(c1ccccc1)c1ccccc1. The van der Waals surface area contributed by atoms with Crippen molar-refractivity contribution in [1.82, 2.24) is 5.32 Å². The zero-order chi connectivity index (χ0) is 18.6. The van der Waals surface area contributed by atoms with E-state index in [4.69, 9.17) is 0 Å². The van der Waals surface area contributed by atoms with E-state index < -0.39 is 0 Å². The Morgan fingerprint density at radius 3 is 1.58 bits per heavy atom. The zero-order valence-corrected chi connectivity index (χ0v) is 16.1. The molecule has 0 aliphatic heterocycles. The van der Waals surface area contributed by atoms with Gasteiger partial charge in [-0.3, -0.25) is 0 Å². The fourth-order valence-electron chi connectivity index (χ4n) is 2.72. The van der Waals surface area contributed by atoms with Crippen molar-refractivity contribution in [2.24, 2.45) is 0 Å². The lowest BCUT2D eigenvalue weighted by molar-refractivity contribution is 0.762. The molecule has 0 atom stereocenters. The summed E-state index contributed by atoms with van der Waals surface area (Å²) in [7, 11) is 0. The number of hydrogen-bond donors (Lipinski definition) is 1. The first kappa shape index (κ1) is 19.7. The summed E-state index contributed by atoms with van der Waals surface area (Å²) in [4.78, 5) is 0. The Balaban J connectivity index is 0.000000431. The van der Waals surface area contributed by atoms with Crippen molar-refractivity contribution in [2.45, 2.75) is 20.8 Å². The summed E-state index contributed by atoms with van der Waals surface area (Å²) >= 11 is 0. The van der Waals surface area contributed by atoms with E-state index in [2.05, 4.69) is 117 Å². The number of nitrogens with one attached hydrogen (secondary N) is 1. The monoisotopic (exact) mass is 343 g/mol. The van der Waals surface area contributed by atoms with Crippen LogP contribution in [0.5, 0.6) is 0 Å². The molecule has 0 aliphatic rings. The highest BCUT2D eigenvalue weighted by Crippen LogP contribution is 2.26. The molecule has 3 rings (SSSR count). The highest BCUT2D eigenvalue weighted by molar-refractivity contribution is 5.91. The molecule has 0 unspecified atom stereocenters. The van der Waals surface area contributed by atoms with Crippen molar-refractivity contribution in [1.29, 1.82) is 0 Å². The molecule has 3 aromatic carbocycles. The highest BCUT2D eigenvalue weighted by Gasteiger charge is 2.05. The summed E-state index contributed by atoms with van der Waals surface area (Å²) in [5.41, 5.74) is 6.30. The molecule has 0 saturated heterocycles. The predicted octanol–water partition coefficient (Wildman–Crippen LogP) is 6.20. The van der Waals surface area contributed by atoms with Crippen LogP contribution in [0, 0.1) is 6.92 Å². The first-order valence-corrected chi connectivity index (χ1v) is 9.35.